The van der Waals surface area contributed by atoms with E-state index in [-0.39, 0.29) is 10.5 Å². The molecule has 9 nitrogen and oxygen atoms in total. The maximum Gasteiger partial charge on any atom is 0.338 e. The van der Waals surface area contributed by atoms with Gasteiger partial charge in [0.15, 0.2) is 6.10 Å². The zero-order chi connectivity index (χ0) is 21.8. The zero-order valence-electron chi connectivity index (χ0n) is 16.1. The summed E-state index contributed by atoms with van der Waals surface area (Å²) in [7, 11) is -0.807. The van der Waals surface area contributed by atoms with Gasteiger partial charge in [0, 0.05) is 25.3 Å². The molecule has 0 saturated heterocycles. The van der Waals surface area contributed by atoms with Gasteiger partial charge in [-0.25, -0.2) is 17.5 Å². The summed E-state index contributed by atoms with van der Waals surface area (Å²) in [5.74, 6) is -1.93. The number of nitrogens with one attached hydrogen (secondary N) is 1. The minimum absolute atomic E-state index is 0.0317. The van der Waals surface area contributed by atoms with Gasteiger partial charge >= 0.3 is 5.97 Å². The van der Waals surface area contributed by atoms with Crippen molar-refractivity contribution in [2.24, 2.45) is 5.73 Å². The standard InChI is InChI=1S/C19H21N3O6S/c1-12(18(24)21-15-8-4-13(5-9-15)17(20)23)28-19(25)14-6-10-16(11-7-14)29(26,27)22(2)3/h4-12H,1-3H3,(H2,20,23)(H,21,24)/t12-/m1/s1. The SMILES string of the molecule is C[C@@H](OC(=O)c1ccc(S(=O)(=O)N(C)C)cc1)C(=O)Nc1ccc(C(N)=O)cc1. The summed E-state index contributed by atoms with van der Waals surface area (Å²) in [6.45, 7) is 1.40. The molecule has 2 aromatic rings. The highest BCUT2D eigenvalue weighted by Gasteiger charge is 2.21. The molecule has 154 valence electrons. The number of carbonyl (C=O) groups is 3. The molecule has 3 N–H and O–H groups in total. The lowest BCUT2D eigenvalue weighted by atomic mass is 10.2. The van der Waals surface area contributed by atoms with E-state index in [2.05, 4.69) is 5.32 Å². The zero-order valence-corrected chi connectivity index (χ0v) is 16.9. The number of nitrogens with two attached hydrogens (primary N) is 1. The van der Waals surface area contributed by atoms with Gasteiger partial charge in [0.25, 0.3) is 5.91 Å². The van der Waals surface area contributed by atoms with Gasteiger partial charge in [-0.3, -0.25) is 9.59 Å². The average molecular weight is 419 g/mol. The van der Waals surface area contributed by atoms with Gasteiger partial charge in [-0.15, -0.1) is 0 Å². The van der Waals surface area contributed by atoms with E-state index in [0.717, 1.165) is 4.31 Å². The molecule has 0 aliphatic rings. The van der Waals surface area contributed by atoms with Crippen molar-refractivity contribution in [2.75, 3.05) is 19.4 Å². The molecule has 1 atom stereocenters. The molecule has 0 radical (unpaired) electrons. The van der Waals surface area contributed by atoms with E-state index in [1.54, 1.807) is 0 Å². The van der Waals surface area contributed by atoms with Crippen LogP contribution in [0.3, 0.4) is 0 Å². The Morgan fingerprint density at radius 3 is 1.97 bits per heavy atom. The van der Waals surface area contributed by atoms with E-state index in [4.69, 9.17) is 10.5 Å². The van der Waals surface area contributed by atoms with E-state index >= 15 is 0 Å². The van der Waals surface area contributed by atoms with E-state index < -0.39 is 33.9 Å². The number of benzene rings is 2. The fourth-order valence-electron chi connectivity index (χ4n) is 2.22. The van der Waals surface area contributed by atoms with E-state index in [0.29, 0.717) is 11.3 Å². The second kappa shape index (κ2) is 8.84. The second-order valence-electron chi connectivity index (χ2n) is 6.29. The van der Waals surface area contributed by atoms with Gasteiger partial charge in [0.1, 0.15) is 0 Å². The number of hydrogen-bond acceptors (Lipinski definition) is 6. The van der Waals surface area contributed by atoms with Crippen LogP contribution in [0.5, 0.6) is 0 Å². The lowest BCUT2D eigenvalue weighted by Gasteiger charge is -2.14. The molecule has 10 heteroatoms. The number of nitrogens with zero attached hydrogens (tertiary/aromatic N) is 1. The third-order valence-corrected chi connectivity index (χ3v) is 5.79. The quantitative estimate of drug-likeness (QED) is 0.648. The van der Waals surface area contributed by atoms with Crippen LogP contribution in [0.1, 0.15) is 27.6 Å². The normalized spacial score (nSPS) is 12.3. The minimum Gasteiger partial charge on any atom is -0.449 e. The van der Waals surface area contributed by atoms with Crippen molar-refractivity contribution < 1.29 is 27.5 Å². The first kappa shape index (κ1) is 22.1. The molecule has 2 aromatic carbocycles. The van der Waals surface area contributed by atoms with Gasteiger partial charge in [0.05, 0.1) is 10.5 Å². The number of sulfonamides is 1. The lowest BCUT2D eigenvalue weighted by molar-refractivity contribution is -0.123. The first-order chi connectivity index (χ1) is 13.5. The Kier molecular flexibility index (Phi) is 6.72. The molecule has 0 fully saturated rings. The predicted octanol–water partition coefficient (Wildman–Crippen LogP) is 1.22. The number of rotatable bonds is 7. The molecule has 0 bridgehead atoms. The van der Waals surface area contributed by atoms with Crippen molar-refractivity contribution in [2.45, 2.75) is 17.9 Å². The molecule has 29 heavy (non-hydrogen) atoms. The third kappa shape index (κ3) is 5.39. The maximum absolute atomic E-state index is 12.2. The van der Waals surface area contributed by atoms with Crippen LogP contribution in [0.25, 0.3) is 0 Å². The summed E-state index contributed by atoms with van der Waals surface area (Å²) in [5.41, 5.74) is 5.95. The van der Waals surface area contributed by atoms with Gasteiger partial charge < -0.3 is 15.8 Å². The van der Waals surface area contributed by atoms with E-state index in [1.807, 2.05) is 0 Å². The monoisotopic (exact) mass is 419 g/mol. The molecule has 0 unspecified atom stereocenters. The smallest absolute Gasteiger partial charge is 0.338 e. The first-order valence-corrected chi connectivity index (χ1v) is 9.90. The number of primary amides is 1. The third-order valence-electron chi connectivity index (χ3n) is 3.96. The Hall–Kier alpha value is -3.24. The first-order valence-electron chi connectivity index (χ1n) is 8.46. The molecule has 0 aliphatic heterocycles. The van der Waals surface area contributed by atoms with Crippen LogP contribution >= 0.6 is 0 Å². The number of amides is 2. The van der Waals surface area contributed by atoms with Gasteiger partial charge in [-0.05, 0) is 55.5 Å². The van der Waals surface area contributed by atoms with Crippen molar-refractivity contribution >= 4 is 33.5 Å². The van der Waals surface area contributed by atoms with Gasteiger partial charge in [-0.1, -0.05) is 0 Å². The largest absolute Gasteiger partial charge is 0.449 e. The Labute approximate surface area is 168 Å². The summed E-state index contributed by atoms with van der Waals surface area (Å²) in [6, 6.07) is 11.1. The highest BCUT2D eigenvalue weighted by Crippen LogP contribution is 2.15. The number of hydrogen-bond donors (Lipinski definition) is 2. The van der Waals surface area contributed by atoms with Crippen LogP contribution < -0.4 is 11.1 Å². The Balaban J connectivity index is 2.00. The Morgan fingerprint density at radius 2 is 1.48 bits per heavy atom. The Morgan fingerprint density at radius 1 is 0.966 bits per heavy atom. The van der Waals surface area contributed by atoms with Crippen molar-refractivity contribution in [1.82, 2.24) is 4.31 Å². The van der Waals surface area contributed by atoms with Crippen molar-refractivity contribution in [3.8, 4) is 0 Å². The highest BCUT2D eigenvalue weighted by atomic mass is 32.2. The predicted molar refractivity (Wildman–Crippen MR) is 106 cm³/mol. The number of ether oxygens (including phenoxy) is 1. The number of anilines is 1. The maximum atomic E-state index is 12.2. The van der Waals surface area contributed by atoms with Crippen LogP contribution in [0.2, 0.25) is 0 Å². The topological polar surface area (TPSA) is 136 Å². The van der Waals surface area contributed by atoms with Crippen LogP contribution in [-0.2, 0) is 19.6 Å². The molecule has 0 aromatic heterocycles. The molecular weight excluding hydrogens is 398 g/mol. The van der Waals surface area contributed by atoms with Crippen molar-refractivity contribution in [3.05, 3.63) is 59.7 Å². The van der Waals surface area contributed by atoms with Gasteiger partial charge in [-0.2, -0.15) is 0 Å². The van der Waals surface area contributed by atoms with Gasteiger partial charge in [0.2, 0.25) is 15.9 Å². The van der Waals surface area contributed by atoms with Crippen molar-refractivity contribution in [3.63, 3.8) is 0 Å². The lowest BCUT2D eigenvalue weighted by Crippen LogP contribution is -2.30. The summed E-state index contributed by atoms with van der Waals surface area (Å²) in [5, 5.41) is 2.55. The average Bonchev–Trinajstić information content (AvgIpc) is 2.68. The molecule has 2 amide bonds. The van der Waals surface area contributed by atoms with Crippen LogP contribution in [0, 0.1) is 0 Å². The molecule has 0 aliphatic carbocycles. The summed E-state index contributed by atoms with van der Waals surface area (Å²) in [6.07, 6.45) is -1.11. The molecule has 0 saturated carbocycles. The number of carbonyl (C=O) groups excluding carboxylic acids is 3. The molecular formula is C19H21N3O6S. The molecule has 0 heterocycles. The highest BCUT2D eigenvalue weighted by molar-refractivity contribution is 7.89. The van der Waals surface area contributed by atoms with Crippen LogP contribution in [-0.4, -0.2) is 50.7 Å². The van der Waals surface area contributed by atoms with Crippen LogP contribution in [0.4, 0.5) is 5.69 Å². The summed E-state index contributed by atoms with van der Waals surface area (Å²) in [4.78, 5) is 35.5. The minimum atomic E-state index is -3.61. The van der Waals surface area contributed by atoms with Crippen molar-refractivity contribution in [1.29, 1.82) is 0 Å². The number of esters is 1. The summed E-state index contributed by atoms with van der Waals surface area (Å²) < 4.78 is 30.3. The summed E-state index contributed by atoms with van der Waals surface area (Å²) >= 11 is 0. The van der Waals surface area contributed by atoms with Crippen LogP contribution in [0.15, 0.2) is 53.4 Å². The van der Waals surface area contributed by atoms with E-state index in [9.17, 15) is 22.8 Å². The Bertz CT molecular complexity index is 1010. The second-order valence-corrected chi connectivity index (χ2v) is 8.44. The van der Waals surface area contributed by atoms with E-state index in [1.165, 1.54) is 69.6 Å². The molecule has 2 rings (SSSR count). The fraction of sp³-hybridized carbons (Fsp3) is 0.211. The fourth-order valence-corrected chi connectivity index (χ4v) is 3.12. The molecule has 0 spiro atoms.